The maximum absolute atomic E-state index is 6.27. The summed E-state index contributed by atoms with van der Waals surface area (Å²) in [5.74, 6) is 0. The Morgan fingerprint density at radius 3 is 2.76 bits per heavy atom. The summed E-state index contributed by atoms with van der Waals surface area (Å²) in [6, 6.07) is 0. The summed E-state index contributed by atoms with van der Waals surface area (Å²) in [7, 11) is 1.96. The molecule has 1 spiro atoms. The van der Waals surface area contributed by atoms with Crippen LogP contribution in [0.5, 0.6) is 0 Å². The SMILES string of the molecule is CNCC(C)OCC1CCC2(CCCCC2)O1. The summed E-state index contributed by atoms with van der Waals surface area (Å²) in [4.78, 5) is 0. The molecule has 100 valence electrons. The zero-order chi connectivity index (χ0) is 12.1. The van der Waals surface area contributed by atoms with Gasteiger partial charge in [-0.3, -0.25) is 0 Å². The summed E-state index contributed by atoms with van der Waals surface area (Å²) < 4.78 is 12.1. The molecule has 1 saturated heterocycles. The van der Waals surface area contributed by atoms with Gasteiger partial charge in [-0.05, 0) is 39.7 Å². The van der Waals surface area contributed by atoms with E-state index in [-0.39, 0.29) is 11.7 Å². The van der Waals surface area contributed by atoms with Crippen molar-refractivity contribution < 1.29 is 9.47 Å². The van der Waals surface area contributed by atoms with Crippen molar-refractivity contribution in [3.63, 3.8) is 0 Å². The van der Waals surface area contributed by atoms with Gasteiger partial charge in [0.2, 0.25) is 0 Å². The fraction of sp³-hybridized carbons (Fsp3) is 1.00. The molecule has 2 rings (SSSR count). The first-order chi connectivity index (χ1) is 8.24. The first kappa shape index (κ1) is 13.3. The Kier molecular flexibility index (Phi) is 4.83. The van der Waals surface area contributed by atoms with E-state index in [4.69, 9.17) is 9.47 Å². The van der Waals surface area contributed by atoms with Crippen LogP contribution in [0.15, 0.2) is 0 Å². The zero-order valence-electron chi connectivity index (χ0n) is 11.3. The quantitative estimate of drug-likeness (QED) is 0.802. The Morgan fingerprint density at radius 1 is 1.29 bits per heavy atom. The van der Waals surface area contributed by atoms with E-state index in [0.717, 1.165) is 13.2 Å². The monoisotopic (exact) mass is 241 g/mol. The van der Waals surface area contributed by atoms with Crippen LogP contribution in [-0.4, -0.2) is 38.0 Å². The molecule has 0 aromatic heterocycles. The van der Waals surface area contributed by atoms with Crippen molar-refractivity contribution in [2.45, 2.75) is 69.7 Å². The normalized spacial score (nSPS) is 29.6. The van der Waals surface area contributed by atoms with Gasteiger partial charge in [-0.2, -0.15) is 0 Å². The van der Waals surface area contributed by atoms with Gasteiger partial charge in [0.25, 0.3) is 0 Å². The second kappa shape index (κ2) is 6.17. The van der Waals surface area contributed by atoms with E-state index in [1.54, 1.807) is 0 Å². The molecule has 2 fully saturated rings. The third kappa shape index (κ3) is 3.67. The van der Waals surface area contributed by atoms with E-state index in [1.807, 2.05) is 7.05 Å². The molecule has 2 atom stereocenters. The molecule has 3 nitrogen and oxygen atoms in total. The maximum Gasteiger partial charge on any atom is 0.0817 e. The van der Waals surface area contributed by atoms with E-state index in [0.29, 0.717) is 6.10 Å². The van der Waals surface area contributed by atoms with Gasteiger partial charge < -0.3 is 14.8 Å². The highest BCUT2D eigenvalue weighted by atomic mass is 16.6. The highest BCUT2D eigenvalue weighted by Gasteiger charge is 2.40. The minimum absolute atomic E-state index is 0.235. The second-order valence-corrected chi connectivity index (χ2v) is 5.72. The number of hydrogen-bond acceptors (Lipinski definition) is 3. The number of nitrogens with one attached hydrogen (secondary N) is 1. The van der Waals surface area contributed by atoms with Crippen molar-refractivity contribution in [1.82, 2.24) is 5.32 Å². The van der Waals surface area contributed by atoms with E-state index in [1.165, 1.54) is 44.9 Å². The molecule has 2 unspecified atom stereocenters. The Bertz CT molecular complexity index is 226. The lowest BCUT2D eigenvalue weighted by molar-refractivity contribution is -0.0960. The zero-order valence-corrected chi connectivity index (χ0v) is 11.3. The van der Waals surface area contributed by atoms with Crippen molar-refractivity contribution in [2.24, 2.45) is 0 Å². The largest absolute Gasteiger partial charge is 0.374 e. The Labute approximate surface area is 105 Å². The molecular formula is C14H27NO2. The molecule has 0 radical (unpaired) electrons. The Balaban J connectivity index is 1.70. The number of rotatable bonds is 5. The molecule has 1 heterocycles. The lowest BCUT2D eigenvalue weighted by Crippen LogP contribution is -2.33. The van der Waals surface area contributed by atoms with Crippen LogP contribution in [-0.2, 0) is 9.47 Å². The molecule has 0 amide bonds. The van der Waals surface area contributed by atoms with E-state index < -0.39 is 0 Å². The third-order valence-electron chi connectivity index (χ3n) is 4.16. The first-order valence-corrected chi connectivity index (χ1v) is 7.18. The molecule has 1 aliphatic heterocycles. The van der Waals surface area contributed by atoms with Gasteiger partial charge in [0.15, 0.2) is 0 Å². The number of likely N-dealkylation sites (N-methyl/N-ethyl adjacent to an activating group) is 1. The maximum atomic E-state index is 6.27. The summed E-state index contributed by atoms with van der Waals surface area (Å²) in [5, 5.41) is 3.13. The smallest absolute Gasteiger partial charge is 0.0817 e. The van der Waals surface area contributed by atoms with E-state index in [2.05, 4.69) is 12.2 Å². The number of ether oxygens (including phenoxy) is 2. The van der Waals surface area contributed by atoms with Crippen molar-refractivity contribution in [3.8, 4) is 0 Å². The predicted molar refractivity (Wildman–Crippen MR) is 69.3 cm³/mol. The molecule has 0 bridgehead atoms. The van der Waals surface area contributed by atoms with Crippen molar-refractivity contribution in [2.75, 3.05) is 20.2 Å². The molecule has 3 heteroatoms. The lowest BCUT2D eigenvalue weighted by Gasteiger charge is -2.33. The Hall–Kier alpha value is -0.120. The first-order valence-electron chi connectivity index (χ1n) is 7.18. The lowest BCUT2D eigenvalue weighted by atomic mass is 9.83. The van der Waals surface area contributed by atoms with E-state index >= 15 is 0 Å². The second-order valence-electron chi connectivity index (χ2n) is 5.72. The highest BCUT2D eigenvalue weighted by Crippen LogP contribution is 2.41. The third-order valence-corrected chi connectivity index (χ3v) is 4.16. The van der Waals surface area contributed by atoms with E-state index in [9.17, 15) is 0 Å². The minimum atomic E-state index is 0.235. The van der Waals surface area contributed by atoms with Crippen LogP contribution in [0.2, 0.25) is 0 Å². The van der Waals surface area contributed by atoms with Gasteiger partial charge in [0, 0.05) is 6.54 Å². The molecule has 1 aliphatic carbocycles. The fourth-order valence-electron chi connectivity index (χ4n) is 3.19. The standard InChI is InChI=1S/C14H27NO2/c1-12(10-15-2)16-11-13-6-9-14(17-13)7-4-3-5-8-14/h12-13,15H,3-11H2,1-2H3. The number of hydrogen-bond donors (Lipinski definition) is 1. The van der Waals surface area contributed by atoms with Crippen LogP contribution < -0.4 is 5.32 Å². The molecule has 17 heavy (non-hydrogen) atoms. The average molecular weight is 241 g/mol. The van der Waals surface area contributed by atoms with Gasteiger partial charge in [-0.25, -0.2) is 0 Å². The van der Waals surface area contributed by atoms with Crippen molar-refractivity contribution in [3.05, 3.63) is 0 Å². The van der Waals surface area contributed by atoms with Crippen LogP contribution in [0.1, 0.15) is 51.9 Å². The van der Waals surface area contributed by atoms with Crippen molar-refractivity contribution in [1.29, 1.82) is 0 Å². The molecular weight excluding hydrogens is 214 g/mol. The fourth-order valence-corrected chi connectivity index (χ4v) is 3.19. The van der Waals surface area contributed by atoms with Crippen LogP contribution in [0.4, 0.5) is 0 Å². The van der Waals surface area contributed by atoms with Crippen LogP contribution in [0.25, 0.3) is 0 Å². The van der Waals surface area contributed by atoms with Crippen LogP contribution in [0, 0.1) is 0 Å². The van der Waals surface area contributed by atoms with Gasteiger partial charge in [0.05, 0.1) is 24.4 Å². The van der Waals surface area contributed by atoms with Crippen LogP contribution in [0.3, 0.4) is 0 Å². The van der Waals surface area contributed by atoms with Gasteiger partial charge in [-0.1, -0.05) is 19.3 Å². The molecule has 1 N–H and O–H groups in total. The minimum Gasteiger partial charge on any atom is -0.374 e. The van der Waals surface area contributed by atoms with Crippen molar-refractivity contribution >= 4 is 0 Å². The van der Waals surface area contributed by atoms with Crippen LogP contribution >= 0.6 is 0 Å². The summed E-state index contributed by atoms with van der Waals surface area (Å²) >= 11 is 0. The molecule has 0 aromatic carbocycles. The molecule has 1 saturated carbocycles. The van der Waals surface area contributed by atoms with Gasteiger partial charge >= 0.3 is 0 Å². The van der Waals surface area contributed by atoms with Gasteiger partial charge in [0.1, 0.15) is 0 Å². The molecule has 2 aliphatic rings. The average Bonchev–Trinajstić information content (AvgIpc) is 2.71. The summed E-state index contributed by atoms with van der Waals surface area (Å²) in [5.41, 5.74) is 0.235. The summed E-state index contributed by atoms with van der Waals surface area (Å²) in [6.07, 6.45) is 9.71. The summed E-state index contributed by atoms with van der Waals surface area (Å²) in [6.45, 7) is 3.80. The highest BCUT2D eigenvalue weighted by molar-refractivity contribution is 4.91. The topological polar surface area (TPSA) is 30.5 Å². The van der Waals surface area contributed by atoms with Gasteiger partial charge in [-0.15, -0.1) is 0 Å². The Morgan fingerprint density at radius 2 is 2.06 bits per heavy atom. The molecule has 0 aromatic rings. The predicted octanol–water partition coefficient (Wildman–Crippen LogP) is 2.49.